The number of halogens is 1. The number of ether oxygens (including phenoxy) is 1. The Morgan fingerprint density at radius 3 is 2.58 bits per heavy atom. The van der Waals surface area contributed by atoms with E-state index in [1.54, 1.807) is 0 Å². The summed E-state index contributed by atoms with van der Waals surface area (Å²) in [6.07, 6.45) is -2.53. The van der Waals surface area contributed by atoms with E-state index < -0.39 is 30.1 Å². The molecular formula is C15H16FN3O5. The fourth-order valence-electron chi connectivity index (χ4n) is 2.57. The fourth-order valence-corrected chi connectivity index (χ4v) is 2.57. The molecule has 0 aliphatic carbocycles. The van der Waals surface area contributed by atoms with Crippen LogP contribution in [0.15, 0.2) is 18.2 Å². The summed E-state index contributed by atoms with van der Waals surface area (Å²) in [4.78, 5) is 38.4. The topological polar surface area (TPSA) is 90.4 Å². The molecule has 2 atom stereocenters. The predicted molar refractivity (Wildman–Crippen MR) is 80.8 cm³/mol. The zero-order chi connectivity index (χ0) is 17.6. The van der Waals surface area contributed by atoms with Gasteiger partial charge in [0.2, 0.25) is 5.91 Å². The first-order valence-electron chi connectivity index (χ1n) is 7.30. The highest BCUT2D eigenvalue weighted by Gasteiger charge is 2.39. The molecule has 2 aliphatic heterocycles. The smallest absolute Gasteiger partial charge is 0.416 e. The van der Waals surface area contributed by atoms with Crippen molar-refractivity contribution in [3.63, 3.8) is 0 Å². The molecule has 0 bridgehead atoms. The number of hydrogen-bond donors (Lipinski definition) is 1. The lowest BCUT2D eigenvalue weighted by Crippen LogP contribution is -2.57. The first-order valence-corrected chi connectivity index (χ1v) is 7.30. The Morgan fingerprint density at radius 2 is 2.04 bits per heavy atom. The lowest BCUT2D eigenvalue weighted by atomic mass is 10.1. The molecule has 3 rings (SSSR count). The molecule has 2 saturated heterocycles. The van der Waals surface area contributed by atoms with Crippen LogP contribution in [0.2, 0.25) is 0 Å². The van der Waals surface area contributed by atoms with E-state index in [1.807, 2.05) is 0 Å². The summed E-state index contributed by atoms with van der Waals surface area (Å²) in [6.45, 7) is 1.46. The second-order valence-corrected chi connectivity index (χ2v) is 5.68. The average molecular weight is 337 g/mol. The number of nitrogens with zero attached hydrogens (tertiary/aromatic N) is 3. The highest BCUT2D eigenvalue weighted by molar-refractivity contribution is 6.03. The van der Waals surface area contributed by atoms with Crippen molar-refractivity contribution in [3.8, 4) is 0 Å². The molecular weight excluding hydrogens is 321 g/mol. The van der Waals surface area contributed by atoms with E-state index in [0.717, 1.165) is 11.0 Å². The largest absolute Gasteiger partial charge is 0.423 e. The molecule has 0 spiro atoms. The van der Waals surface area contributed by atoms with Crippen molar-refractivity contribution < 1.29 is 28.6 Å². The number of likely N-dealkylation sites (N-methyl/N-ethyl adjacent to an activating group) is 1. The van der Waals surface area contributed by atoms with Crippen molar-refractivity contribution in [3.05, 3.63) is 24.0 Å². The van der Waals surface area contributed by atoms with Gasteiger partial charge in [0.15, 0.2) is 12.3 Å². The molecule has 0 aromatic heterocycles. The molecule has 1 aromatic rings. The third-order valence-electron chi connectivity index (χ3n) is 4.17. The van der Waals surface area contributed by atoms with Gasteiger partial charge >= 0.3 is 6.09 Å². The number of rotatable bonds is 3. The van der Waals surface area contributed by atoms with Gasteiger partial charge in [0.25, 0.3) is 5.91 Å². The van der Waals surface area contributed by atoms with E-state index in [-0.39, 0.29) is 30.4 Å². The minimum Gasteiger partial charge on any atom is -0.423 e. The van der Waals surface area contributed by atoms with Crippen molar-refractivity contribution in [2.75, 3.05) is 29.9 Å². The summed E-state index contributed by atoms with van der Waals surface area (Å²) in [5, 5.41) is 9.21. The van der Waals surface area contributed by atoms with Crippen LogP contribution in [0.5, 0.6) is 0 Å². The first-order chi connectivity index (χ1) is 11.3. The summed E-state index contributed by atoms with van der Waals surface area (Å²) in [7, 11) is 1.51. The molecule has 9 heteroatoms. The summed E-state index contributed by atoms with van der Waals surface area (Å²) in [5.74, 6) is -1.51. The van der Waals surface area contributed by atoms with E-state index in [4.69, 9.17) is 4.74 Å². The van der Waals surface area contributed by atoms with Crippen molar-refractivity contribution in [1.29, 1.82) is 0 Å². The second kappa shape index (κ2) is 5.75. The van der Waals surface area contributed by atoms with Gasteiger partial charge in [-0.25, -0.2) is 9.18 Å². The van der Waals surface area contributed by atoms with Crippen LogP contribution in [0.3, 0.4) is 0 Å². The Kier molecular flexibility index (Phi) is 3.88. The van der Waals surface area contributed by atoms with Gasteiger partial charge in [0.1, 0.15) is 5.82 Å². The van der Waals surface area contributed by atoms with Crippen molar-refractivity contribution >= 4 is 29.3 Å². The van der Waals surface area contributed by atoms with Gasteiger partial charge in [-0.1, -0.05) is 0 Å². The number of aliphatic hydroxyl groups excluding tert-OH is 1. The number of anilines is 2. The van der Waals surface area contributed by atoms with Crippen molar-refractivity contribution in [2.24, 2.45) is 0 Å². The van der Waals surface area contributed by atoms with Gasteiger partial charge < -0.3 is 19.6 Å². The highest BCUT2D eigenvalue weighted by Crippen LogP contribution is 2.30. The molecule has 1 aromatic carbocycles. The van der Waals surface area contributed by atoms with Gasteiger partial charge in [0.05, 0.1) is 24.5 Å². The van der Waals surface area contributed by atoms with Crippen LogP contribution in [0.25, 0.3) is 0 Å². The van der Waals surface area contributed by atoms with Crippen LogP contribution in [-0.4, -0.2) is 60.4 Å². The number of aliphatic hydroxyl groups is 1. The third-order valence-corrected chi connectivity index (χ3v) is 4.17. The number of carbonyl (C=O) groups is 3. The number of amides is 3. The molecule has 2 unspecified atom stereocenters. The minimum atomic E-state index is -1.10. The van der Waals surface area contributed by atoms with Crippen molar-refractivity contribution in [1.82, 2.24) is 4.90 Å². The highest BCUT2D eigenvalue weighted by atomic mass is 19.1. The molecule has 24 heavy (non-hydrogen) atoms. The lowest BCUT2D eigenvalue weighted by molar-refractivity contribution is -0.134. The van der Waals surface area contributed by atoms with Crippen molar-refractivity contribution in [2.45, 2.75) is 19.3 Å². The number of benzene rings is 1. The van der Waals surface area contributed by atoms with Crippen LogP contribution in [0.1, 0.15) is 6.92 Å². The quantitative estimate of drug-likeness (QED) is 0.801. The number of β-amino-alcohol motifs (C(OH)–C–C–N with tert-alkyl or cyclic N) is 1. The molecule has 128 valence electrons. The number of cyclic esters (lactones) is 1. The van der Waals surface area contributed by atoms with Crippen LogP contribution in [0.4, 0.5) is 20.6 Å². The monoisotopic (exact) mass is 337 g/mol. The SMILES string of the molecule is CC(=O)N(C)C1CN(c2ccc(N3CC(O)C3=O)c(F)c2)C(=O)O1. The van der Waals surface area contributed by atoms with Gasteiger partial charge in [0, 0.05) is 14.0 Å². The summed E-state index contributed by atoms with van der Waals surface area (Å²) in [6, 6.07) is 3.96. The Labute approximate surface area is 137 Å². The first kappa shape index (κ1) is 16.2. The Bertz CT molecular complexity index is 725. The summed E-state index contributed by atoms with van der Waals surface area (Å²) in [5.41, 5.74) is 0.299. The van der Waals surface area contributed by atoms with Gasteiger partial charge in [-0.05, 0) is 18.2 Å². The molecule has 8 nitrogen and oxygen atoms in total. The van der Waals surface area contributed by atoms with Crippen LogP contribution in [-0.2, 0) is 14.3 Å². The van der Waals surface area contributed by atoms with Crippen LogP contribution < -0.4 is 9.80 Å². The summed E-state index contributed by atoms with van der Waals surface area (Å²) < 4.78 is 19.4. The van der Waals surface area contributed by atoms with E-state index in [0.29, 0.717) is 0 Å². The fraction of sp³-hybridized carbons (Fsp3) is 0.400. The normalized spacial score (nSPS) is 23.2. The minimum absolute atomic E-state index is 0.0341. The zero-order valence-corrected chi connectivity index (χ0v) is 13.1. The molecule has 0 radical (unpaired) electrons. The Hall–Kier alpha value is -2.68. The second-order valence-electron chi connectivity index (χ2n) is 5.68. The van der Waals surface area contributed by atoms with Crippen LogP contribution in [0, 0.1) is 5.82 Å². The summed E-state index contributed by atoms with van der Waals surface area (Å²) >= 11 is 0. The Balaban J connectivity index is 1.78. The zero-order valence-electron chi connectivity index (χ0n) is 13.1. The lowest BCUT2D eigenvalue weighted by Gasteiger charge is -2.35. The molecule has 2 fully saturated rings. The van der Waals surface area contributed by atoms with Gasteiger partial charge in [-0.3, -0.25) is 14.5 Å². The Morgan fingerprint density at radius 1 is 1.33 bits per heavy atom. The standard InChI is InChI=1S/C15H16FN3O5/c1-8(20)17(2)13-7-18(15(23)24-13)9-3-4-11(10(16)5-9)19-6-12(21)14(19)22/h3-5,12-13,21H,6-7H2,1-2H3. The molecule has 3 amide bonds. The third kappa shape index (κ3) is 2.56. The molecule has 0 saturated carbocycles. The van der Waals surface area contributed by atoms with Gasteiger partial charge in [-0.2, -0.15) is 0 Å². The number of carbonyl (C=O) groups excluding carboxylic acids is 3. The number of hydrogen-bond acceptors (Lipinski definition) is 5. The van der Waals surface area contributed by atoms with E-state index in [2.05, 4.69) is 0 Å². The maximum Gasteiger partial charge on any atom is 0.416 e. The molecule has 2 heterocycles. The predicted octanol–water partition coefficient (Wildman–Crippen LogP) is 0.294. The van der Waals surface area contributed by atoms with Gasteiger partial charge in [-0.15, -0.1) is 0 Å². The number of β-lactam (4-membered cyclic amide) rings is 1. The van der Waals surface area contributed by atoms with E-state index in [9.17, 15) is 23.9 Å². The average Bonchev–Trinajstić information content (AvgIpc) is 2.93. The molecule has 1 N–H and O–H groups in total. The van der Waals surface area contributed by atoms with Crippen LogP contribution >= 0.6 is 0 Å². The van der Waals surface area contributed by atoms with E-state index in [1.165, 1.54) is 35.9 Å². The molecule has 2 aliphatic rings. The maximum atomic E-state index is 14.3. The maximum absolute atomic E-state index is 14.3. The van der Waals surface area contributed by atoms with E-state index >= 15 is 0 Å².